The number of fused-ring (bicyclic) bond motifs is 1. The van der Waals surface area contributed by atoms with Crippen LogP contribution in [0.4, 0.5) is 0 Å². The highest BCUT2D eigenvalue weighted by molar-refractivity contribution is 7.90. The molecule has 2 unspecified atom stereocenters. The molecule has 144 valence electrons. The molecule has 0 aliphatic carbocycles. The van der Waals surface area contributed by atoms with E-state index in [2.05, 4.69) is 28.9 Å². The van der Waals surface area contributed by atoms with Gasteiger partial charge in [-0.05, 0) is 32.4 Å². The molecule has 1 aromatic carbocycles. The highest BCUT2D eigenvalue weighted by Gasteiger charge is 2.30. The second-order valence-electron chi connectivity index (χ2n) is 6.51. The SMILES string of the molecule is CC1NCCN(C(=O)CCCN=C2NS(=O)(=O)c3ccccc32)C1C.Cl. The molecule has 3 rings (SSSR count). The lowest BCUT2D eigenvalue weighted by atomic mass is 10.1. The first-order chi connectivity index (χ1) is 11.9. The largest absolute Gasteiger partial charge is 0.337 e. The Bertz CT molecular complexity index is 797. The van der Waals surface area contributed by atoms with Crippen LogP contribution in [0.15, 0.2) is 34.2 Å². The summed E-state index contributed by atoms with van der Waals surface area (Å²) in [7, 11) is -3.50. The van der Waals surface area contributed by atoms with Crippen LogP contribution < -0.4 is 10.0 Å². The maximum absolute atomic E-state index is 12.4. The maximum Gasteiger partial charge on any atom is 0.263 e. The lowest BCUT2D eigenvalue weighted by Crippen LogP contribution is -2.57. The number of carbonyl (C=O) groups excluding carboxylic acids is 1. The molecular weight excluding hydrogens is 376 g/mol. The summed E-state index contributed by atoms with van der Waals surface area (Å²) in [6.45, 7) is 6.09. The van der Waals surface area contributed by atoms with Crippen molar-refractivity contribution in [1.29, 1.82) is 0 Å². The zero-order valence-corrected chi connectivity index (χ0v) is 16.6. The summed E-state index contributed by atoms with van der Waals surface area (Å²) < 4.78 is 26.5. The van der Waals surface area contributed by atoms with Gasteiger partial charge in [-0.2, -0.15) is 0 Å². The lowest BCUT2D eigenvalue weighted by molar-refractivity contribution is -0.134. The van der Waals surface area contributed by atoms with Crippen LogP contribution in [0.1, 0.15) is 32.3 Å². The summed E-state index contributed by atoms with van der Waals surface area (Å²) in [4.78, 5) is 18.9. The predicted octanol–water partition coefficient (Wildman–Crippen LogP) is 1.14. The number of hydrogen-bond donors (Lipinski definition) is 2. The van der Waals surface area contributed by atoms with Gasteiger partial charge in [0.25, 0.3) is 10.0 Å². The molecule has 9 heteroatoms. The van der Waals surface area contributed by atoms with Crippen molar-refractivity contribution in [2.75, 3.05) is 19.6 Å². The van der Waals surface area contributed by atoms with E-state index in [-0.39, 0.29) is 29.3 Å². The molecule has 26 heavy (non-hydrogen) atoms. The van der Waals surface area contributed by atoms with Gasteiger partial charge in [0.1, 0.15) is 5.84 Å². The number of nitrogens with zero attached hydrogens (tertiary/aromatic N) is 2. The van der Waals surface area contributed by atoms with Crippen LogP contribution in [0.3, 0.4) is 0 Å². The van der Waals surface area contributed by atoms with Gasteiger partial charge in [-0.1, -0.05) is 12.1 Å². The van der Waals surface area contributed by atoms with Crippen LogP contribution in [0, 0.1) is 0 Å². The molecule has 1 saturated heterocycles. The van der Waals surface area contributed by atoms with Crippen molar-refractivity contribution in [2.24, 2.45) is 4.99 Å². The second kappa shape index (κ2) is 8.37. The van der Waals surface area contributed by atoms with E-state index in [4.69, 9.17) is 0 Å². The molecule has 0 radical (unpaired) electrons. The Morgan fingerprint density at radius 1 is 1.31 bits per heavy atom. The number of aliphatic imine (C=N–C) groups is 1. The number of hydrogen-bond acceptors (Lipinski definition) is 5. The van der Waals surface area contributed by atoms with Gasteiger partial charge < -0.3 is 10.2 Å². The molecule has 2 heterocycles. The normalized spacial score (nSPS) is 25.3. The Morgan fingerprint density at radius 3 is 2.81 bits per heavy atom. The number of amides is 1. The maximum atomic E-state index is 12.4. The molecule has 0 bridgehead atoms. The number of sulfonamides is 1. The van der Waals surface area contributed by atoms with E-state index in [1.165, 1.54) is 0 Å². The molecule has 1 fully saturated rings. The first kappa shape index (κ1) is 20.7. The summed E-state index contributed by atoms with van der Waals surface area (Å²) in [5, 5.41) is 3.36. The number of rotatable bonds is 4. The second-order valence-corrected chi connectivity index (χ2v) is 8.16. The molecule has 2 aliphatic heterocycles. The highest BCUT2D eigenvalue weighted by atomic mass is 35.5. The Labute approximate surface area is 160 Å². The van der Waals surface area contributed by atoms with Gasteiger partial charge in [0.05, 0.1) is 4.90 Å². The zero-order valence-electron chi connectivity index (χ0n) is 14.9. The molecule has 0 aromatic heterocycles. The average molecular weight is 401 g/mol. The summed E-state index contributed by atoms with van der Waals surface area (Å²) in [6, 6.07) is 7.25. The molecule has 2 atom stereocenters. The van der Waals surface area contributed by atoms with Crippen LogP contribution in [0.5, 0.6) is 0 Å². The third kappa shape index (κ3) is 4.19. The van der Waals surface area contributed by atoms with E-state index in [0.717, 1.165) is 13.1 Å². The van der Waals surface area contributed by atoms with Gasteiger partial charge >= 0.3 is 0 Å². The van der Waals surface area contributed by atoms with Crippen molar-refractivity contribution in [3.8, 4) is 0 Å². The topological polar surface area (TPSA) is 90.9 Å². The smallest absolute Gasteiger partial charge is 0.263 e. The third-order valence-electron chi connectivity index (χ3n) is 4.84. The monoisotopic (exact) mass is 400 g/mol. The number of piperazine rings is 1. The Morgan fingerprint density at radius 2 is 2.04 bits per heavy atom. The van der Waals surface area contributed by atoms with Gasteiger partial charge in [-0.15, -0.1) is 12.4 Å². The van der Waals surface area contributed by atoms with E-state index in [1.54, 1.807) is 24.3 Å². The zero-order chi connectivity index (χ0) is 18.0. The number of amidine groups is 1. The minimum absolute atomic E-state index is 0. The predicted molar refractivity (Wildman–Crippen MR) is 103 cm³/mol. The molecule has 2 aliphatic rings. The van der Waals surface area contributed by atoms with Crippen LogP contribution in [0.25, 0.3) is 0 Å². The minimum atomic E-state index is -3.50. The molecule has 0 spiro atoms. The third-order valence-corrected chi connectivity index (χ3v) is 6.23. The fourth-order valence-electron chi connectivity index (χ4n) is 3.22. The van der Waals surface area contributed by atoms with Crippen LogP contribution in [-0.4, -0.2) is 56.8 Å². The van der Waals surface area contributed by atoms with Crippen molar-refractivity contribution in [3.05, 3.63) is 29.8 Å². The van der Waals surface area contributed by atoms with Crippen LogP contribution >= 0.6 is 12.4 Å². The highest BCUT2D eigenvalue weighted by Crippen LogP contribution is 2.22. The number of halogens is 1. The van der Waals surface area contributed by atoms with Crippen molar-refractivity contribution in [2.45, 2.75) is 43.7 Å². The first-order valence-corrected chi connectivity index (χ1v) is 10.1. The number of carbonyl (C=O) groups is 1. The van der Waals surface area contributed by atoms with Crippen molar-refractivity contribution < 1.29 is 13.2 Å². The van der Waals surface area contributed by atoms with Gasteiger partial charge in [-0.25, -0.2) is 8.42 Å². The van der Waals surface area contributed by atoms with Crippen LogP contribution in [-0.2, 0) is 14.8 Å². The van der Waals surface area contributed by atoms with E-state index in [0.29, 0.717) is 36.8 Å². The number of nitrogens with one attached hydrogen (secondary N) is 2. The Kier molecular flexibility index (Phi) is 6.65. The molecular formula is C17H25ClN4O3S. The standard InChI is InChI=1S/C17H24N4O3S.ClH/c1-12-13(2)21(11-10-18-12)16(22)8-5-9-19-17-14-6-3-4-7-15(14)25(23,24)20-17;/h3-4,6-7,12-13,18H,5,8-11H2,1-2H3,(H,19,20);1H. The van der Waals surface area contributed by atoms with Gasteiger partial charge in [-0.3, -0.25) is 14.5 Å². The van der Waals surface area contributed by atoms with Crippen molar-refractivity contribution >= 4 is 34.2 Å². The molecule has 7 nitrogen and oxygen atoms in total. The van der Waals surface area contributed by atoms with Gasteiger partial charge in [0.2, 0.25) is 5.91 Å². The number of benzene rings is 1. The molecule has 1 aromatic rings. The average Bonchev–Trinajstić information content (AvgIpc) is 2.85. The Hall–Kier alpha value is -1.64. The van der Waals surface area contributed by atoms with E-state index in [9.17, 15) is 13.2 Å². The van der Waals surface area contributed by atoms with Gasteiger partial charge in [0.15, 0.2) is 0 Å². The van der Waals surface area contributed by atoms with E-state index >= 15 is 0 Å². The van der Waals surface area contributed by atoms with Crippen molar-refractivity contribution in [1.82, 2.24) is 14.9 Å². The first-order valence-electron chi connectivity index (χ1n) is 8.59. The van der Waals surface area contributed by atoms with Crippen molar-refractivity contribution in [3.63, 3.8) is 0 Å². The molecule has 0 saturated carbocycles. The van der Waals surface area contributed by atoms with Crippen LogP contribution in [0.2, 0.25) is 0 Å². The summed E-state index contributed by atoms with van der Waals surface area (Å²) in [5.74, 6) is 0.501. The summed E-state index contributed by atoms with van der Waals surface area (Å²) in [6.07, 6.45) is 1.01. The molecule has 2 N–H and O–H groups in total. The fourth-order valence-corrected chi connectivity index (χ4v) is 4.48. The summed E-state index contributed by atoms with van der Waals surface area (Å²) >= 11 is 0. The quantitative estimate of drug-likeness (QED) is 0.741. The Balaban J connectivity index is 0.00000243. The summed E-state index contributed by atoms with van der Waals surface area (Å²) in [5.41, 5.74) is 0.596. The molecule has 1 amide bonds. The minimum Gasteiger partial charge on any atom is -0.337 e. The van der Waals surface area contributed by atoms with E-state index in [1.807, 2.05) is 4.90 Å². The van der Waals surface area contributed by atoms with Gasteiger partial charge in [0, 0.05) is 43.7 Å². The fraction of sp³-hybridized carbons (Fsp3) is 0.529. The lowest BCUT2D eigenvalue weighted by Gasteiger charge is -2.38. The van der Waals surface area contributed by atoms with E-state index < -0.39 is 10.0 Å².